The molecule has 0 unspecified atom stereocenters. The summed E-state index contributed by atoms with van der Waals surface area (Å²) in [6.45, 7) is 2.10. The molecule has 4 heteroatoms. The van der Waals surface area contributed by atoms with Crippen molar-refractivity contribution in [3.8, 4) is 22.6 Å². The lowest BCUT2D eigenvalue weighted by atomic mass is 9.98. The summed E-state index contributed by atoms with van der Waals surface area (Å²) in [4.78, 5) is 25.9. The Kier molecular flexibility index (Phi) is 7.51. The van der Waals surface area contributed by atoms with E-state index in [2.05, 4.69) is 6.92 Å². The molecule has 0 saturated carbocycles. The molecule has 0 radical (unpaired) electrons. The van der Waals surface area contributed by atoms with Gasteiger partial charge >= 0.3 is 11.9 Å². The maximum Gasteiger partial charge on any atom is 0.343 e. The highest BCUT2D eigenvalue weighted by Gasteiger charge is 2.21. The van der Waals surface area contributed by atoms with Crippen LogP contribution in [-0.4, -0.2) is 11.9 Å². The minimum absolute atomic E-state index is 0.227. The molecule has 4 aromatic rings. The van der Waals surface area contributed by atoms with Crippen LogP contribution in [0.15, 0.2) is 103 Å². The average Bonchev–Trinajstić information content (AvgIpc) is 2.90. The number of aryl methyl sites for hydroxylation is 1. The molecule has 0 saturated heterocycles. The molecule has 0 aliphatic rings. The second-order valence-corrected chi connectivity index (χ2v) is 7.94. The van der Waals surface area contributed by atoms with E-state index in [4.69, 9.17) is 9.47 Å². The van der Waals surface area contributed by atoms with Crippen molar-refractivity contribution in [1.82, 2.24) is 0 Å². The minimum Gasteiger partial charge on any atom is -0.419 e. The lowest BCUT2D eigenvalue weighted by Crippen LogP contribution is -2.14. The quantitative estimate of drug-likeness (QED) is 0.212. The van der Waals surface area contributed by atoms with Crippen LogP contribution in [0, 0.1) is 0 Å². The van der Waals surface area contributed by atoms with E-state index in [0.717, 1.165) is 29.5 Å². The number of ether oxygens (including phenoxy) is 2. The van der Waals surface area contributed by atoms with E-state index in [1.54, 1.807) is 54.6 Å². The molecule has 0 heterocycles. The summed E-state index contributed by atoms with van der Waals surface area (Å²) in [5, 5.41) is 0. The first-order chi connectivity index (χ1) is 16.7. The Bertz CT molecular complexity index is 1250. The zero-order chi connectivity index (χ0) is 23.8. The van der Waals surface area contributed by atoms with E-state index < -0.39 is 11.9 Å². The summed E-state index contributed by atoms with van der Waals surface area (Å²) in [5.74, 6) is -0.496. The van der Waals surface area contributed by atoms with Crippen molar-refractivity contribution in [2.24, 2.45) is 0 Å². The predicted molar refractivity (Wildman–Crippen MR) is 133 cm³/mol. The van der Waals surface area contributed by atoms with Gasteiger partial charge in [-0.25, -0.2) is 9.59 Å². The zero-order valence-electron chi connectivity index (χ0n) is 19.1. The van der Waals surface area contributed by atoms with Crippen molar-refractivity contribution in [2.45, 2.75) is 26.2 Å². The Hall–Kier alpha value is -4.18. The van der Waals surface area contributed by atoms with Crippen molar-refractivity contribution < 1.29 is 19.1 Å². The highest BCUT2D eigenvalue weighted by atomic mass is 16.6. The van der Waals surface area contributed by atoms with Gasteiger partial charge in [0.05, 0.1) is 11.1 Å². The summed E-state index contributed by atoms with van der Waals surface area (Å²) in [6, 6.07) is 31.2. The van der Waals surface area contributed by atoms with Gasteiger partial charge in [0.1, 0.15) is 0 Å². The van der Waals surface area contributed by atoms with Gasteiger partial charge < -0.3 is 9.47 Å². The molecule has 4 rings (SSSR count). The molecule has 0 atom stereocenters. The Labute approximate surface area is 199 Å². The third-order valence-corrected chi connectivity index (χ3v) is 5.45. The van der Waals surface area contributed by atoms with Gasteiger partial charge in [-0.1, -0.05) is 80.1 Å². The fourth-order valence-corrected chi connectivity index (χ4v) is 3.66. The SMILES string of the molecule is CCCCc1cc(-c2ccccc2)cc(OC(=O)c2ccccc2)c1OC(=O)c1ccccc1. The first-order valence-corrected chi connectivity index (χ1v) is 11.4. The van der Waals surface area contributed by atoms with Crippen LogP contribution < -0.4 is 9.47 Å². The lowest BCUT2D eigenvalue weighted by Gasteiger charge is -2.17. The molecule has 0 spiro atoms. The maximum atomic E-state index is 12.9. The largest absolute Gasteiger partial charge is 0.419 e. The van der Waals surface area contributed by atoms with E-state index in [1.807, 2.05) is 48.5 Å². The van der Waals surface area contributed by atoms with Gasteiger partial charge in [0, 0.05) is 0 Å². The summed E-state index contributed by atoms with van der Waals surface area (Å²) in [6.07, 6.45) is 2.56. The number of hydrogen-bond donors (Lipinski definition) is 0. The Morgan fingerprint density at radius 2 is 1.18 bits per heavy atom. The second kappa shape index (κ2) is 11.1. The van der Waals surface area contributed by atoms with Crippen LogP contribution in [-0.2, 0) is 6.42 Å². The molecule has 0 N–H and O–H groups in total. The number of esters is 2. The van der Waals surface area contributed by atoms with Gasteiger partial charge in [0.25, 0.3) is 0 Å². The molecule has 34 heavy (non-hydrogen) atoms. The number of carbonyl (C=O) groups excluding carboxylic acids is 2. The van der Waals surface area contributed by atoms with Crippen LogP contribution in [0.25, 0.3) is 11.1 Å². The molecule has 170 valence electrons. The minimum atomic E-state index is -0.510. The molecule has 4 nitrogen and oxygen atoms in total. The molecular weight excluding hydrogens is 424 g/mol. The Balaban J connectivity index is 1.79. The summed E-state index contributed by atoms with van der Waals surface area (Å²) in [7, 11) is 0. The lowest BCUT2D eigenvalue weighted by molar-refractivity contribution is 0.0681. The number of rotatable bonds is 8. The third kappa shape index (κ3) is 5.59. The standard InChI is InChI=1S/C30H26O4/c1-2-3-13-25-20-26(22-14-7-4-8-15-22)21-27(33-29(31)23-16-9-5-10-17-23)28(25)34-30(32)24-18-11-6-12-19-24/h4-12,14-21H,2-3,13H2,1H3. The number of carbonyl (C=O) groups is 2. The van der Waals surface area contributed by atoms with Crippen molar-refractivity contribution in [2.75, 3.05) is 0 Å². The van der Waals surface area contributed by atoms with Gasteiger partial charge in [-0.2, -0.15) is 0 Å². The van der Waals surface area contributed by atoms with Gasteiger partial charge in [-0.15, -0.1) is 0 Å². The molecule has 0 amide bonds. The molecule has 0 aliphatic heterocycles. The number of benzene rings is 4. The first-order valence-electron chi connectivity index (χ1n) is 11.4. The monoisotopic (exact) mass is 450 g/mol. The summed E-state index contributed by atoms with van der Waals surface area (Å²) < 4.78 is 11.7. The predicted octanol–water partition coefficient (Wildman–Crippen LogP) is 7.13. The number of unbranched alkanes of at least 4 members (excludes halogenated alkanes) is 1. The molecule has 0 aromatic heterocycles. The molecule has 0 aliphatic carbocycles. The Morgan fingerprint density at radius 1 is 0.647 bits per heavy atom. The van der Waals surface area contributed by atoms with Crippen LogP contribution in [0.3, 0.4) is 0 Å². The molecule has 4 aromatic carbocycles. The molecule has 0 bridgehead atoms. The molecular formula is C30H26O4. The van der Waals surface area contributed by atoms with Gasteiger partial charge in [-0.3, -0.25) is 0 Å². The highest BCUT2D eigenvalue weighted by Crippen LogP contribution is 2.38. The summed E-state index contributed by atoms with van der Waals surface area (Å²) in [5.41, 5.74) is 3.54. The highest BCUT2D eigenvalue weighted by molar-refractivity contribution is 5.93. The smallest absolute Gasteiger partial charge is 0.343 e. The molecule has 0 fully saturated rings. The van der Waals surface area contributed by atoms with Crippen LogP contribution in [0.5, 0.6) is 11.5 Å². The fraction of sp³-hybridized carbons (Fsp3) is 0.133. The van der Waals surface area contributed by atoms with Crippen molar-refractivity contribution in [3.05, 3.63) is 120 Å². The van der Waals surface area contributed by atoms with Crippen LogP contribution in [0.4, 0.5) is 0 Å². The van der Waals surface area contributed by atoms with E-state index in [9.17, 15) is 9.59 Å². The second-order valence-electron chi connectivity index (χ2n) is 7.94. The first kappa shape index (κ1) is 23.0. The van der Waals surface area contributed by atoms with E-state index in [-0.39, 0.29) is 11.5 Å². The van der Waals surface area contributed by atoms with E-state index >= 15 is 0 Å². The van der Waals surface area contributed by atoms with Crippen molar-refractivity contribution >= 4 is 11.9 Å². The van der Waals surface area contributed by atoms with E-state index in [0.29, 0.717) is 17.5 Å². The average molecular weight is 451 g/mol. The Morgan fingerprint density at radius 3 is 1.74 bits per heavy atom. The van der Waals surface area contributed by atoms with Crippen LogP contribution in [0.2, 0.25) is 0 Å². The third-order valence-electron chi connectivity index (χ3n) is 5.45. The topological polar surface area (TPSA) is 52.6 Å². The fourth-order valence-electron chi connectivity index (χ4n) is 3.66. The van der Waals surface area contributed by atoms with Crippen molar-refractivity contribution in [3.63, 3.8) is 0 Å². The van der Waals surface area contributed by atoms with Gasteiger partial charge in [-0.05, 0) is 65.9 Å². The normalized spacial score (nSPS) is 10.5. The maximum absolute atomic E-state index is 12.9. The number of hydrogen-bond acceptors (Lipinski definition) is 4. The van der Waals surface area contributed by atoms with Crippen LogP contribution >= 0.6 is 0 Å². The van der Waals surface area contributed by atoms with Crippen LogP contribution in [0.1, 0.15) is 46.0 Å². The summed E-state index contributed by atoms with van der Waals surface area (Å²) >= 11 is 0. The van der Waals surface area contributed by atoms with Crippen molar-refractivity contribution in [1.29, 1.82) is 0 Å². The zero-order valence-corrected chi connectivity index (χ0v) is 19.1. The van der Waals surface area contributed by atoms with E-state index in [1.165, 1.54) is 0 Å². The van der Waals surface area contributed by atoms with Gasteiger partial charge in [0.2, 0.25) is 0 Å². The van der Waals surface area contributed by atoms with Gasteiger partial charge in [0.15, 0.2) is 11.5 Å².